The Morgan fingerprint density at radius 2 is 1.75 bits per heavy atom. The first-order valence-electron chi connectivity index (χ1n) is 2.66. The van der Waals surface area contributed by atoms with Crippen molar-refractivity contribution in [2.75, 3.05) is 6.61 Å². The molecule has 1 saturated heterocycles. The van der Waals surface area contributed by atoms with Crippen molar-refractivity contribution in [3.63, 3.8) is 0 Å². The first-order chi connectivity index (χ1) is 3.81. The number of allylic oxidation sites excluding steroid dienone is 2. The van der Waals surface area contributed by atoms with Crippen LogP contribution in [-0.2, 0) is 4.74 Å². The average molecular weight is 112 g/mol. The van der Waals surface area contributed by atoms with Gasteiger partial charge in [0.1, 0.15) is 0 Å². The molecule has 0 bridgehead atoms. The highest BCUT2D eigenvalue weighted by atomic mass is 16.6. The molecule has 0 aliphatic carbocycles. The van der Waals surface area contributed by atoms with Crippen LogP contribution in [0.5, 0.6) is 0 Å². The SMILES string of the molecule is C=CC=C.CC1CO1. The van der Waals surface area contributed by atoms with Gasteiger partial charge in [-0.25, -0.2) is 0 Å². The van der Waals surface area contributed by atoms with E-state index < -0.39 is 0 Å². The summed E-state index contributed by atoms with van der Waals surface area (Å²) in [5.41, 5.74) is 0. The average Bonchev–Trinajstić information content (AvgIpc) is 2.52. The quantitative estimate of drug-likeness (QED) is 0.372. The van der Waals surface area contributed by atoms with Gasteiger partial charge in [0, 0.05) is 0 Å². The summed E-state index contributed by atoms with van der Waals surface area (Å²) in [5.74, 6) is 0. The second kappa shape index (κ2) is 4.60. The molecular weight excluding hydrogens is 100 g/mol. The third-order valence-corrected chi connectivity index (χ3v) is 0.667. The van der Waals surface area contributed by atoms with Crippen LogP contribution in [0.25, 0.3) is 0 Å². The van der Waals surface area contributed by atoms with Gasteiger partial charge in [-0.15, -0.1) is 0 Å². The highest BCUT2D eigenvalue weighted by Crippen LogP contribution is 2.04. The van der Waals surface area contributed by atoms with Crippen LogP contribution in [0.1, 0.15) is 6.92 Å². The van der Waals surface area contributed by atoms with E-state index >= 15 is 0 Å². The molecule has 46 valence electrons. The summed E-state index contributed by atoms with van der Waals surface area (Å²) in [6, 6.07) is 0. The maximum atomic E-state index is 4.71. The van der Waals surface area contributed by atoms with Crippen molar-refractivity contribution in [3.8, 4) is 0 Å². The molecule has 8 heavy (non-hydrogen) atoms. The van der Waals surface area contributed by atoms with Crippen molar-refractivity contribution in [2.45, 2.75) is 13.0 Å². The van der Waals surface area contributed by atoms with Gasteiger partial charge >= 0.3 is 0 Å². The fourth-order valence-corrected chi connectivity index (χ4v) is 0.0962. The Hall–Kier alpha value is -0.560. The number of rotatable bonds is 1. The van der Waals surface area contributed by atoms with Crippen molar-refractivity contribution in [3.05, 3.63) is 25.3 Å². The van der Waals surface area contributed by atoms with E-state index in [0.717, 1.165) is 6.61 Å². The van der Waals surface area contributed by atoms with E-state index in [4.69, 9.17) is 4.74 Å². The predicted octanol–water partition coefficient (Wildman–Crippen LogP) is 1.76. The summed E-state index contributed by atoms with van der Waals surface area (Å²) < 4.78 is 4.71. The van der Waals surface area contributed by atoms with E-state index in [9.17, 15) is 0 Å². The van der Waals surface area contributed by atoms with Crippen LogP contribution >= 0.6 is 0 Å². The van der Waals surface area contributed by atoms with Gasteiger partial charge in [-0.3, -0.25) is 0 Å². The first-order valence-corrected chi connectivity index (χ1v) is 2.66. The lowest BCUT2D eigenvalue weighted by atomic mass is 10.6. The van der Waals surface area contributed by atoms with Crippen LogP contribution in [0.4, 0.5) is 0 Å². The number of ether oxygens (including phenoxy) is 1. The second-order valence-corrected chi connectivity index (χ2v) is 1.62. The molecule has 1 rings (SSSR count). The number of epoxide rings is 1. The standard InChI is InChI=1S/C4H6.C3H6O/c1-3-4-2;1-3-2-4-3/h3-4H,1-2H2;3H,2H2,1H3. The number of hydrogen-bond donors (Lipinski definition) is 0. The lowest BCUT2D eigenvalue weighted by Crippen LogP contribution is -1.60. The Balaban J connectivity index is 0.000000122. The van der Waals surface area contributed by atoms with E-state index in [-0.39, 0.29) is 0 Å². The predicted molar refractivity (Wildman–Crippen MR) is 35.8 cm³/mol. The summed E-state index contributed by atoms with van der Waals surface area (Å²) in [7, 11) is 0. The summed E-state index contributed by atoms with van der Waals surface area (Å²) in [5, 5.41) is 0. The molecule has 0 aromatic carbocycles. The molecule has 1 heterocycles. The lowest BCUT2D eigenvalue weighted by molar-refractivity contribution is 0.423. The molecule has 1 fully saturated rings. The third-order valence-electron chi connectivity index (χ3n) is 0.667. The highest BCUT2D eigenvalue weighted by molar-refractivity contribution is 4.88. The van der Waals surface area contributed by atoms with E-state index in [1.807, 2.05) is 0 Å². The molecule has 0 saturated carbocycles. The number of hydrogen-bond acceptors (Lipinski definition) is 1. The van der Waals surface area contributed by atoms with Gasteiger partial charge in [0.05, 0.1) is 12.7 Å². The largest absolute Gasteiger partial charge is 0.373 e. The third kappa shape index (κ3) is 9.06. The maximum absolute atomic E-state index is 4.71. The van der Waals surface area contributed by atoms with Gasteiger partial charge in [-0.2, -0.15) is 0 Å². The Morgan fingerprint density at radius 3 is 1.75 bits per heavy atom. The van der Waals surface area contributed by atoms with E-state index in [2.05, 4.69) is 20.1 Å². The maximum Gasteiger partial charge on any atom is 0.0781 e. The van der Waals surface area contributed by atoms with Crippen molar-refractivity contribution in [1.29, 1.82) is 0 Å². The zero-order chi connectivity index (χ0) is 6.41. The Morgan fingerprint density at radius 1 is 1.50 bits per heavy atom. The fraction of sp³-hybridized carbons (Fsp3) is 0.429. The molecule has 1 aliphatic rings. The van der Waals surface area contributed by atoms with E-state index in [1.54, 1.807) is 12.2 Å². The van der Waals surface area contributed by atoms with Crippen LogP contribution in [0.2, 0.25) is 0 Å². The van der Waals surface area contributed by atoms with Crippen LogP contribution < -0.4 is 0 Å². The van der Waals surface area contributed by atoms with E-state index in [0.29, 0.717) is 6.10 Å². The highest BCUT2D eigenvalue weighted by Gasteiger charge is 2.13. The molecule has 1 atom stereocenters. The van der Waals surface area contributed by atoms with E-state index in [1.165, 1.54) is 0 Å². The molecular formula is C7H12O. The van der Waals surface area contributed by atoms with Gasteiger partial charge in [0.2, 0.25) is 0 Å². The minimum atomic E-state index is 0.583. The molecule has 1 nitrogen and oxygen atoms in total. The smallest absolute Gasteiger partial charge is 0.0781 e. The zero-order valence-corrected chi connectivity index (χ0v) is 5.26. The molecule has 0 radical (unpaired) electrons. The van der Waals surface area contributed by atoms with Gasteiger partial charge in [0.15, 0.2) is 0 Å². The van der Waals surface area contributed by atoms with Crippen LogP contribution in [0.15, 0.2) is 25.3 Å². The van der Waals surface area contributed by atoms with Crippen LogP contribution in [-0.4, -0.2) is 12.7 Å². The molecule has 1 unspecified atom stereocenters. The second-order valence-electron chi connectivity index (χ2n) is 1.62. The molecule has 0 aromatic rings. The molecule has 1 aliphatic heterocycles. The Labute approximate surface area is 50.7 Å². The zero-order valence-electron chi connectivity index (χ0n) is 5.26. The van der Waals surface area contributed by atoms with Gasteiger partial charge in [-0.1, -0.05) is 25.3 Å². The summed E-state index contributed by atoms with van der Waals surface area (Å²) >= 11 is 0. The first kappa shape index (κ1) is 7.44. The van der Waals surface area contributed by atoms with Crippen molar-refractivity contribution >= 4 is 0 Å². The monoisotopic (exact) mass is 112 g/mol. The molecule has 0 amide bonds. The van der Waals surface area contributed by atoms with Crippen LogP contribution in [0.3, 0.4) is 0 Å². The summed E-state index contributed by atoms with van der Waals surface area (Å²) in [6.07, 6.45) is 3.86. The van der Waals surface area contributed by atoms with Crippen molar-refractivity contribution in [1.82, 2.24) is 0 Å². The van der Waals surface area contributed by atoms with Gasteiger partial charge in [-0.05, 0) is 6.92 Å². The normalized spacial score (nSPS) is 22.4. The van der Waals surface area contributed by atoms with Crippen LogP contribution in [0, 0.1) is 0 Å². The minimum Gasteiger partial charge on any atom is -0.373 e. The summed E-state index contributed by atoms with van der Waals surface area (Å²) in [6.45, 7) is 9.76. The lowest BCUT2D eigenvalue weighted by Gasteiger charge is -1.50. The fourth-order valence-electron chi connectivity index (χ4n) is 0.0962. The Kier molecular flexibility index (Phi) is 4.27. The molecule has 0 spiro atoms. The van der Waals surface area contributed by atoms with Crippen molar-refractivity contribution < 1.29 is 4.74 Å². The van der Waals surface area contributed by atoms with Gasteiger partial charge < -0.3 is 4.74 Å². The van der Waals surface area contributed by atoms with Crippen molar-refractivity contribution in [2.24, 2.45) is 0 Å². The Bertz CT molecular complexity index is 66.5. The molecule has 0 N–H and O–H groups in total. The molecule has 0 aromatic heterocycles. The van der Waals surface area contributed by atoms with Gasteiger partial charge in [0.25, 0.3) is 0 Å². The topological polar surface area (TPSA) is 12.5 Å². The minimum absolute atomic E-state index is 0.583. The molecule has 1 heteroatoms. The summed E-state index contributed by atoms with van der Waals surface area (Å²) in [4.78, 5) is 0.